The highest BCUT2D eigenvalue weighted by Gasteiger charge is 2.27. The predicted octanol–water partition coefficient (Wildman–Crippen LogP) is 3.30. The van der Waals surface area contributed by atoms with E-state index in [4.69, 9.17) is 9.47 Å². The first kappa shape index (κ1) is 19.3. The van der Waals surface area contributed by atoms with Gasteiger partial charge in [0.25, 0.3) is 0 Å². The van der Waals surface area contributed by atoms with Crippen molar-refractivity contribution in [1.29, 1.82) is 0 Å². The van der Waals surface area contributed by atoms with Gasteiger partial charge in [0, 0.05) is 7.05 Å². The predicted molar refractivity (Wildman–Crippen MR) is 110 cm³/mol. The van der Waals surface area contributed by atoms with Crippen molar-refractivity contribution in [3.63, 3.8) is 0 Å². The summed E-state index contributed by atoms with van der Waals surface area (Å²) in [6.07, 6.45) is -0.344. The zero-order valence-electron chi connectivity index (χ0n) is 16.2. The van der Waals surface area contributed by atoms with Crippen LogP contribution in [0.4, 0.5) is 0 Å². The molecular weight excluding hydrogens is 388 g/mol. The molecule has 0 radical (unpaired) electrons. The molecule has 0 saturated heterocycles. The maximum absolute atomic E-state index is 12.3. The molecule has 4 rings (SSSR count). The fraction of sp³-hybridized carbons (Fsp3) is 0.286. The maximum Gasteiger partial charge on any atom is 0.230 e. The Balaban J connectivity index is 1.35. The molecule has 0 aliphatic carbocycles. The Morgan fingerprint density at radius 2 is 1.90 bits per heavy atom. The van der Waals surface area contributed by atoms with E-state index >= 15 is 0 Å². The number of nitrogens with one attached hydrogen (secondary N) is 1. The average molecular weight is 410 g/mol. The molecule has 1 aromatic heterocycles. The van der Waals surface area contributed by atoms with Crippen molar-refractivity contribution in [1.82, 2.24) is 20.1 Å². The minimum Gasteiger partial charge on any atom is -0.485 e. The van der Waals surface area contributed by atoms with Gasteiger partial charge in [-0.05, 0) is 24.6 Å². The van der Waals surface area contributed by atoms with Gasteiger partial charge < -0.3 is 19.4 Å². The molecule has 1 amide bonds. The van der Waals surface area contributed by atoms with Gasteiger partial charge in [0.1, 0.15) is 6.61 Å². The number of ether oxygens (including phenoxy) is 2. The van der Waals surface area contributed by atoms with Crippen LogP contribution in [0, 0.1) is 0 Å². The van der Waals surface area contributed by atoms with Crippen molar-refractivity contribution < 1.29 is 14.3 Å². The highest BCUT2D eigenvalue weighted by atomic mass is 32.2. The van der Waals surface area contributed by atoms with Crippen LogP contribution in [-0.4, -0.2) is 33.0 Å². The second-order valence-corrected chi connectivity index (χ2v) is 7.70. The summed E-state index contributed by atoms with van der Waals surface area (Å²) in [4.78, 5) is 12.3. The quantitative estimate of drug-likeness (QED) is 0.629. The lowest BCUT2D eigenvalue weighted by atomic mass is 10.1. The number of carbonyl (C=O) groups is 1. The molecule has 0 spiro atoms. The summed E-state index contributed by atoms with van der Waals surface area (Å²) in [6, 6.07) is 17.4. The molecule has 2 atom stereocenters. The first-order valence-electron chi connectivity index (χ1n) is 9.36. The normalized spacial score (nSPS) is 16.3. The molecule has 1 N–H and O–H groups in total. The Hall–Kier alpha value is -3.00. The average Bonchev–Trinajstić information content (AvgIpc) is 3.13. The lowest BCUT2D eigenvalue weighted by molar-refractivity contribution is -0.119. The first-order chi connectivity index (χ1) is 14.1. The lowest BCUT2D eigenvalue weighted by Gasteiger charge is -2.25. The van der Waals surface area contributed by atoms with Crippen molar-refractivity contribution in [2.75, 3.05) is 12.4 Å². The fourth-order valence-corrected chi connectivity index (χ4v) is 3.85. The lowest BCUT2D eigenvalue weighted by Crippen LogP contribution is -2.28. The monoisotopic (exact) mass is 410 g/mol. The molecule has 1 aliphatic rings. The smallest absolute Gasteiger partial charge is 0.230 e. The van der Waals surface area contributed by atoms with Crippen LogP contribution in [-0.2, 0) is 11.8 Å². The minimum atomic E-state index is -0.344. The van der Waals surface area contributed by atoms with Gasteiger partial charge in [-0.25, -0.2) is 0 Å². The van der Waals surface area contributed by atoms with E-state index in [1.807, 2.05) is 73.1 Å². The van der Waals surface area contributed by atoms with E-state index in [1.165, 1.54) is 11.8 Å². The second-order valence-electron chi connectivity index (χ2n) is 6.75. The van der Waals surface area contributed by atoms with Gasteiger partial charge in [-0.15, -0.1) is 10.2 Å². The van der Waals surface area contributed by atoms with E-state index in [-0.39, 0.29) is 23.8 Å². The molecule has 0 bridgehead atoms. The summed E-state index contributed by atoms with van der Waals surface area (Å²) in [7, 11) is 1.87. The first-order valence-corrected chi connectivity index (χ1v) is 10.3. The standard InChI is InChI=1S/C21H22N4O3S/c1-14(15-8-4-3-5-9-15)22-19(26)13-29-21-24-23-20(25(21)2)18-12-27-16-10-6-7-11-17(16)28-18/h3-11,14,18H,12-13H2,1-2H3,(H,22,26). The van der Waals surface area contributed by atoms with Crippen molar-refractivity contribution >= 4 is 17.7 Å². The van der Waals surface area contributed by atoms with Crippen LogP contribution in [0.2, 0.25) is 0 Å². The number of hydrogen-bond acceptors (Lipinski definition) is 6. The van der Waals surface area contributed by atoms with Crippen molar-refractivity contribution in [2.24, 2.45) is 7.05 Å². The van der Waals surface area contributed by atoms with Crippen LogP contribution in [0.25, 0.3) is 0 Å². The molecule has 0 saturated carbocycles. The third-order valence-corrected chi connectivity index (χ3v) is 5.69. The maximum atomic E-state index is 12.3. The third-order valence-electron chi connectivity index (χ3n) is 4.67. The van der Waals surface area contributed by atoms with Crippen molar-refractivity contribution in [3.05, 3.63) is 66.0 Å². The Kier molecular flexibility index (Phi) is 5.71. The summed E-state index contributed by atoms with van der Waals surface area (Å²) in [5.74, 6) is 2.29. The molecule has 150 valence electrons. The zero-order chi connectivity index (χ0) is 20.2. The number of nitrogens with zero attached hydrogens (tertiary/aromatic N) is 3. The van der Waals surface area contributed by atoms with Crippen LogP contribution in [0.3, 0.4) is 0 Å². The van der Waals surface area contributed by atoms with Gasteiger partial charge in [-0.1, -0.05) is 54.2 Å². The molecule has 2 heterocycles. The van der Waals surface area contributed by atoms with Gasteiger partial charge in [0.05, 0.1) is 11.8 Å². The Morgan fingerprint density at radius 3 is 2.69 bits per heavy atom. The van der Waals surface area contributed by atoms with Crippen molar-refractivity contribution in [3.8, 4) is 11.5 Å². The molecular formula is C21H22N4O3S. The fourth-order valence-electron chi connectivity index (χ4n) is 3.12. The topological polar surface area (TPSA) is 78.3 Å². The minimum absolute atomic E-state index is 0.0489. The van der Waals surface area contributed by atoms with E-state index < -0.39 is 0 Å². The number of fused-ring (bicyclic) bond motifs is 1. The summed E-state index contributed by atoms with van der Waals surface area (Å²) in [5.41, 5.74) is 1.07. The third kappa shape index (κ3) is 4.37. The van der Waals surface area contributed by atoms with Gasteiger partial charge in [0.2, 0.25) is 5.91 Å². The summed E-state index contributed by atoms with van der Waals surface area (Å²) in [5, 5.41) is 12.1. The summed E-state index contributed by atoms with van der Waals surface area (Å²) in [6.45, 7) is 2.33. The van der Waals surface area contributed by atoms with Crippen molar-refractivity contribution in [2.45, 2.75) is 24.2 Å². The number of para-hydroxylation sites is 2. The molecule has 8 heteroatoms. The molecule has 0 fully saturated rings. The second kappa shape index (κ2) is 8.57. The van der Waals surface area contributed by atoms with Gasteiger partial charge >= 0.3 is 0 Å². The Labute approximate surface area is 173 Å². The van der Waals surface area contributed by atoms with E-state index in [0.717, 1.165) is 11.3 Å². The number of benzene rings is 2. The van der Waals surface area contributed by atoms with E-state index in [0.29, 0.717) is 23.3 Å². The van der Waals surface area contributed by atoms with E-state index in [1.54, 1.807) is 0 Å². The number of rotatable bonds is 6. The zero-order valence-corrected chi connectivity index (χ0v) is 17.1. The van der Waals surface area contributed by atoms with Gasteiger partial charge in [-0.2, -0.15) is 0 Å². The summed E-state index contributed by atoms with van der Waals surface area (Å²) < 4.78 is 13.6. The van der Waals surface area contributed by atoms with Crippen LogP contribution in [0.1, 0.15) is 30.5 Å². The number of aromatic nitrogens is 3. The largest absolute Gasteiger partial charge is 0.485 e. The Morgan fingerprint density at radius 1 is 1.17 bits per heavy atom. The molecule has 2 unspecified atom stereocenters. The number of thioether (sulfide) groups is 1. The number of amides is 1. The number of carbonyl (C=O) groups excluding carboxylic acids is 1. The SMILES string of the molecule is CC(NC(=O)CSc1nnc(C2COc3ccccc3O2)n1C)c1ccccc1. The van der Waals surface area contributed by atoms with Gasteiger partial charge in [0.15, 0.2) is 28.6 Å². The molecule has 2 aromatic carbocycles. The highest BCUT2D eigenvalue weighted by Crippen LogP contribution is 2.35. The Bertz CT molecular complexity index is 993. The molecule has 7 nitrogen and oxygen atoms in total. The molecule has 29 heavy (non-hydrogen) atoms. The van der Waals surface area contributed by atoms with Crippen LogP contribution >= 0.6 is 11.8 Å². The molecule has 3 aromatic rings. The molecule has 1 aliphatic heterocycles. The van der Waals surface area contributed by atoms with Crippen LogP contribution in [0.15, 0.2) is 59.8 Å². The van der Waals surface area contributed by atoms with E-state index in [9.17, 15) is 4.79 Å². The summed E-state index contributed by atoms with van der Waals surface area (Å²) >= 11 is 1.34. The van der Waals surface area contributed by atoms with E-state index in [2.05, 4.69) is 15.5 Å². The number of hydrogen-bond donors (Lipinski definition) is 1. The van der Waals surface area contributed by atoms with Crippen LogP contribution < -0.4 is 14.8 Å². The highest BCUT2D eigenvalue weighted by molar-refractivity contribution is 7.99. The van der Waals surface area contributed by atoms with Crippen LogP contribution in [0.5, 0.6) is 11.5 Å². The van der Waals surface area contributed by atoms with Gasteiger partial charge in [-0.3, -0.25) is 4.79 Å².